The van der Waals surface area contributed by atoms with Crippen LogP contribution in [-0.4, -0.2) is 30.1 Å². The molecule has 0 aliphatic heterocycles. The van der Waals surface area contributed by atoms with Crippen LogP contribution < -0.4 is 5.32 Å². The van der Waals surface area contributed by atoms with Crippen LogP contribution in [0.15, 0.2) is 65.6 Å². The molecule has 1 atom stereocenters. The largest absolute Gasteiger partial charge is 0.459 e. The van der Waals surface area contributed by atoms with E-state index in [-0.39, 0.29) is 33.6 Å². The summed E-state index contributed by atoms with van der Waals surface area (Å²) in [6.07, 6.45) is -0.681. The van der Waals surface area contributed by atoms with Crippen LogP contribution in [-0.2, 0) is 14.3 Å². The van der Waals surface area contributed by atoms with Gasteiger partial charge in [-0.1, -0.05) is 48.5 Å². The molecule has 1 N–H and O–H groups in total. The van der Waals surface area contributed by atoms with Crippen molar-refractivity contribution >= 4 is 45.9 Å². The highest BCUT2D eigenvalue weighted by Gasteiger charge is 2.30. The van der Waals surface area contributed by atoms with E-state index in [9.17, 15) is 14.4 Å². The molecule has 0 saturated heterocycles. The molecular formula is C27H29NO5S2. The van der Waals surface area contributed by atoms with E-state index in [0.717, 1.165) is 21.8 Å². The summed E-state index contributed by atoms with van der Waals surface area (Å²) in [6.45, 7) is 8.65. The van der Waals surface area contributed by atoms with Crippen LogP contribution in [0.2, 0.25) is 0 Å². The quantitative estimate of drug-likeness (QED) is 0.256. The number of carbonyl (C=O) groups excluding carboxylic acids is 3. The second-order valence-corrected chi connectivity index (χ2v) is 10.6. The summed E-state index contributed by atoms with van der Waals surface area (Å²) in [7, 11) is 0. The Morgan fingerprint density at radius 2 is 1.37 bits per heavy atom. The van der Waals surface area contributed by atoms with E-state index < -0.39 is 17.2 Å². The lowest BCUT2D eigenvalue weighted by molar-refractivity contribution is -0.115. The van der Waals surface area contributed by atoms with Gasteiger partial charge in [-0.3, -0.25) is 4.79 Å². The molecule has 35 heavy (non-hydrogen) atoms. The third-order valence-electron chi connectivity index (χ3n) is 4.80. The Hall–Kier alpha value is -3.10. The fourth-order valence-electron chi connectivity index (χ4n) is 3.30. The molecule has 0 aliphatic carbocycles. The molecule has 0 bridgehead atoms. The summed E-state index contributed by atoms with van der Waals surface area (Å²) in [4.78, 5) is 40.4. The highest BCUT2D eigenvalue weighted by molar-refractivity contribution is 8.00. The molecule has 0 saturated carbocycles. The van der Waals surface area contributed by atoms with Crippen molar-refractivity contribution in [2.45, 2.75) is 57.0 Å². The first-order chi connectivity index (χ1) is 16.7. The van der Waals surface area contributed by atoms with Gasteiger partial charge in [-0.05, 0) is 57.9 Å². The zero-order chi connectivity index (χ0) is 25.5. The van der Waals surface area contributed by atoms with E-state index >= 15 is 0 Å². The maximum Gasteiger partial charge on any atom is 0.348 e. The van der Waals surface area contributed by atoms with Crippen LogP contribution in [0.5, 0.6) is 0 Å². The third kappa shape index (κ3) is 6.96. The van der Waals surface area contributed by atoms with Gasteiger partial charge in [0.15, 0.2) is 0 Å². The van der Waals surface area contributed by atoms with Gasteiger partial charge in [0.05, 0.1) is 17.8 Å². The van der Waals surface area contributed by atoms with Gasteiger partial charge in [-0.2, -0.15) is 0 Å². The van der Waals surface area contributed by atoms with Crippen molar-refractivity contribution in [3.63, 3.8) is 0 Å². The van der Waals surface area contributed by atoms with Gasteiger partial charge in [0.25, 0.3) is 0 Å². The van der Waals surface area contributed by atoms with Crippen molar-refractivity contribution in [1.29, 1.82) is 0 Å². The van der Waals surface area contributed by atoms with Crippen LogP contribution in [0.3, 0.4) is 0 Å². The van der Waals surface area contributed by atoms with Crippen molar-refractivity contribution < 1.29 is 23.9 Å². The van der Waals surface area contributed by atoms with E-state index in [1.54, 1.807) is 34.6 Å². The van der Waals surface area contributed by atoms with Gasteiger partial charge < -0.3 is 14.8 Å². The van der Waals surface area contributed by atoms with E-state index in [1.165, 1.54) is 11.8 Å². The molecule has 0 unspecified atom stereocenters. The van der Waals surface area contributed by atoms with Crippen molar-refractivity contribution in [3.8, 4) is 0 Å². The Balaban J connectivity index is 1.99. The maximum absolute atomic E-state index is 13.6. The number of hydrogen-bond acceptors (Lipinski definition) is 7. The summed E-state index contributed by atoms with van der Waals surface area (Å²) in [5.74, 6) is -1.45. The lowest BCUT2D eigenvalue weighted by atomic mass is 10.1. The Morgan fingerprint density at radius 3 is 1.94 bits per heavy atom. The molecule has 3 rings (SSSR count). The highest BCUT2D eigenvalue weighted by atomic mass is 32.2. The van der Waals surface area contributed by atoms with Crippen LogP contribution in [0, 0.1) is 6.92 Å². The number of anilines is 1. The minimum atomic E-state index is -0.598. The summed E-state index contributed by atoms with van der Waals surface area (Å²) >= 11 is 2.43. The number of carbonyl (C=O) groups is 3. The topological polar surface area (TPSA) is 81.7 Å². The van der Waals surface area contributed by atoms with Crippen LogP contribution in [0.25, 0.3) is 0 Å². The lowest BCUT2D eigenvalue weighted by Crippen LogP contribution is -2.21. The number of ether oxygens (including phenoxy) is 2. The first-order valence-corrected chi connectivity index (χ1v) is 13.0. The Morgan fingerprint density at radius 1 is 0.829 bits per heavy atom. The number of amides is 1. The molecule has 6 nitrogen and oxygen atoms in total. The van der Waals surface area contributed by atoms with Gasteiger partial charge in [0.1, 0.15) is 15.1 Å². The number of esters is 2. The zero-order valence-electron chi connectivity index (χ0n) is 20.4. The number of thiophene rings is 1. The molecule has 1 amide bonds. The van der Waals surface area contributed by atoms with Crippen LogP contribution in [0.1, 0.15) is 64.1 Å². The fraction of sp³-hybridized carbons (Fsp3) is 0.296. The Bertz CT molecular complexity index is 1170. The minimum Gasteiger partial charge on any atom is -0.459 e. The van der Waals surface area contributed by atoms with Crippen molar-refractivity contribution in [1.82, 2.24) is 0 Å². The minimum absolute atomic E-state index is 0.171. The molecule has 3 aromatic rings. The predicted octanol–water partition coefficient (Wildman–Crippen LogP) is 6.66. The zero-order valence-corrected chi connectivity index (χ0v) is 22.0. The van der Waals surface area contributed by atoms with Gasteiger partial charge in [0, 0.05) is 4.90 Å². The average Bonchev–Trinajstić information content (AvgIpc) is 3.13. The van der Waals surface area contributed by atoms with Gasteiger partial charge in [-0.25, -0.2) is 9.59 Å². The van der Waals surface area contributed by atoms with E-state index in [2.05, 4.69) is 5.32 Å². The van der Waals surface area contributed by atoms with Crippen LogP contribution >= 0.6 is 23.1 Å². The van der Waals surface area contributed by atoms with Crippen molar-refractivity contribution in [2.75, 3.05) is 5.32 Å². The summed E-state index contributed by atoms with van der Waals surface area (Å²) in [5.41, 5.74) is 1.41. The number of thioether (sulfide) groups is 1. The first-order valence-electron chi connectivity index (χ1n) is 11.3. The second-order valence-electron chi connectivity index (χ2n) is 8.38. The standard InChI is InChI=1S/C27H29NO5S2/c1-16(2)32-26(30)21-18(5)22(27(31)33-17(3)4)35-25(21)28-24(29)23(19-12-8-6-9-13-19)34-20-14-10-7-11-15-20/h6-17,23H,1-5H3,(H,28,29)/t23-/m0/s1. The normalized spacial score (nSPS) is 11.9. The second kappa shape index (κ2) is 12.0. The molecule has 8 heteroatoms. The molecule has 1 heterocycles. The Kier molecular flexibility index (Phi) is 9.12. The van der Waals surface area contributed by atoms with Gasteiger partial charge in [-0.15, -0.1) is 23.1 Å². The highest BCUT2D eigenvalue weighted by Crippen LogP contribution is 2.39. The summed E-state index contributed by atoms with van der Waals surface area (Å²) in [6, 6.07) is 19.0. The van der Waals surface area contributed by atoms with Crippen molar-refractivity contribution in [2.24, 2.45) is 0 Å². The van der Waals surface area contributed by atoms with Gasteiger partial charge >= 0.3 is 11.9 Å². The smallest absolute Gasteiger partial charge is 0.348 e. The first kappa shape index (κ1) is 26.5. The number of hydrogen-bond donors (Lipinski definition) is 1. The SMILES string of the molecule is Cc1c(C(=O)OC(C)C)sc(NC(=O)[C@@H](Sc2ccccc2)c2ccccc2)c1C(=O)OC(C)C. The lowest BCUT2D eigenvalue weighted by Gasteiger charge is -2.17. The molecule has 2 aromatic carbocycles. The van der Waals surface area contributed by atoms with Crippen molar-refractivity contribution in [3.05, 3.63) is 82.2 Å². The van der Waals surface area contributed by atoms with E-state index in [4.69, 9.17) is 9.47 Å². The molecule has 184 valence electrons. The molecule has 0 aliphatic rings. The monoisotopic (exact) mass is 511 g/mol. The molecule has 0 radical (unpaired) electrons. The average molecular weight is 512 g/mol. The van der Waals surface area contributed by atoms with Gasteiger partial charge in [0.2, 0.25) is 5.91 Å². The molecule has 1 aromatic heterocycles. The van der Waals surface area contributed by atoms with E-state index in [0.29, 0.717) is 5.56 Å². The fourth-order valence-corrected chi connectivity index (χ4v) is 5.42. The Labute approximate surface area is 214 Å². The molecule has 0 spiro atoms. The summed E-state index contributed by atoms with van der Waals surface area (Å²) in [5, 5.41) is 2.59. The number of nitrogens with one attached hydrogen (secondary N) is 1. The predicted molar refractivity (Wildman–Crippen MR) is 140 cm³/mol. The summed E-state index contributed by atoms with van der Waals surface area (Å²) < 4.78 is 10.8. The number of rotatable bonds is 9. The molecule has 0 fully saturated rings. The van der Waals surface area contributed by atoms with Crippen LogP contribution in [0.4, 0.5) is 5.00 Å². The third-order valence-corrected chi connectivity index (χ3v) is 7.25. The maximum atomic E-state index is 13.6. The number of benzene rings is 2. The van der Waals surface area contributed by atoms with E-state index in [1.807, 2.05) is 60.7 Å². The molecular weight excluding hydrogens is 482 g/mol.